The molecule has 10 heteroatoms. The third-order valence-corrected chi connectivity index (χ3v) is 4.24. The number of nitrogens with zero attached hydrogens (tertiary/aromatic N) is 3. The fourth-order valence-corrected chi connectivity index (χ4v) is 2.73. The van der Waals surface area contributed by atoms with Crippen LogP contribution in [-0.2, 0) is 9.53 Å². The lowest BCUT2D eigenvalue weighted by atomic mass is 9.90. The maximum absolute atomic E-state index is 12.4. The summed E-state index contributed by atoms with van der Waals surface area (Å²) in [5.41, 5.74) is -1.05. The normalized spacial score (nSPS) is 16.0. The van der Waals surface area contributed by atoms with E-state index in [9.17, 15) is 24.8 Å². The molecule has 0 saturated carbocycles. The van der Waals surface area contributed by atoms with E-state index in [0.29, 0.717) is 5.69 Å². The van der Waals surface area contributed by atoms with Crippen LogP contribution in [0.5, 0.6) is 0 Å². The second-order valence-corrected chi connectivity index (χ2v) is 5.88. The van der Waals surface area contributed by atoms with Crippen LogP contribution in [0.15, 0.2) is 36.5 Å². The highest BCUT2D eigenvalue weighted by atomic mass is 16.6. The number of carbonyl (C=O) groups excluding carboxylic acids is 1. The number of benzene rings is 1. The smallest absolute Gasteiger partial charge is 0.329 e. The van der Waals surface area contributed by atoms with Gasteiger partial charge in [0.05, 0.1) is 10.6 Å². The highest BCUT2D eigenvalue weighted by Crippen LogP contribution is 2.22. The molecule has 1 aliphatic heterocycles. The van der Waals surface area contributed by atoms with Crippen molar-refractivity contribution in [1.82, 2.24) is 15.1 Å². The van der Waals surface area contributed by atoms with Gasteiger partial charge in [0.2, 0.25) is 0 Å². The second kappa shape index (κ2) is 6.92. The number of carboxylic acid groups (broad SMARTS) is 1. The van der Waals surface area contributed by atoms with E-state index in [1.807, 2.05) is 0 Å². The van der Waals surface area contributed by atoms with E-state index >= 15 is 0 Å². The summed E-state index contributed by atoms with van der Waals surface area (Å²) in [6, 6.07) is 7.21. The molecule has 1 aromatic carbocycles. The minimum atomic E-state index is -1.38. The van der Waals surface area contributed by atoms with Crippen molar-refractivity contribution in [3.8, 4) is 5.69 Å². The lowest BCUT2D eigenvalue weighted by Crippen LogP contribution is -2.57. The molecule has 0 aliphatic carbocycles. The van der Waals surface area contributed by atoms with E-state index in [2.05, 4.69) is 10.4 Å². The lowest BCUT2D eigenvalue weighted by molar-refractivity contribution is -0.384. The first-order chi connectivity index (χ1) is 12.4. The molecular weight excluding hydrogens is 344 g/mol. The van der Waals surface area contributed by atoms with Gasteiger partial charge in [-0.3, -0.25) is 14.9 Å². The predicted molar refractivity (Wildman–Crippen MR) is 88.1 cm³/mol. The topological polar surface area (TPSA) is 137 Å². The molecule has 0 atom stereocenters. The van der Waals surface area contributed by atoms with Crippen LogP contribution in [0.1, 0.15) is 23.3 Å². The summed E-state index contributed by atoms with van der Waals surface area (Å²) in [5.74, 6) is -1.74. The number of hydrogen-bond donors (Lipinski definition) is 2. The van der Waals surface area contributed by atoms with Gasteiger partial charge in [-0.25, -0.2) is 9.48 Å². The number of nitrogens with one attached hydrogen (secondary N) is 1. The van der Waals surface area contributed by atoms with Crippen LogP contribution in [0.3, 0.4) is 0 Å². The molecule has 0 radical (unpaired) electrons. The number of carboxylic acids is 1. The van der Waals surface area contributed by atoms with Crippen LogP contribution in [-0.4, -0.2) is 50.4 Å². The van der Waals surface area contributed by atoms with E-state index in [4.69, 9.17) is 4.74 Å². The van der Waals surface area contributed by atoms with E-state index in [1.54, 1.807) is 6.07 Å². The number of nitro groups is 1. The first-order valence-electron chi connectivity index (χ1n) is 7.85. The zero-order chi connectivity index (χ0) is 18.7. The number of carbonyl (C=O) groups is 2. The van der Waals surface area contributed by atoms with Crippen molar-refractivity contribution in [1.29, 1.82) is 0 Å². The SMILES string of the molecule is O=C(NC1(C(=O)O)CCOCC1)c1ccn(-c2cccc([N+](=O)[O-])c2)n1. The van der Waals surface area contributed by atoms with Gasteiger partial charge in [0.1, 0.15) is 5.54 Å². The summed E-state index contributed by atoms with van der Waals surface area (Å²) >= 11 is 0. The fourth-order valence-electron chi connectivity index (χ4n) is 2.73. The van der Waals surface area contributed by atoms with Gasteiger partial charge >= 0.3 is 5.97 Å². The van der Waals surface area contributed by atoms with Crippen molar-refractivity contribution in [2.75, 3.05) is 13.2 Å². The Labute approximate surface area is 147 Å². The van der Waals surface area contributed by atoms with Crippen LogP contribution < -0.4 is 5.32 Å². The molecule has 0 spiro atoms. The molecular formula is C16H16N4O6. The van der Waals surface area contributed by atoms with Crippen molar-refractivity contribution < 1.29 is 24.4 Å². The van der Waals surface area contributed by atoms with Gasteiger partial charge < -0.3 is 15.2 Å². The lowest BCUT2D eigenvalue weighted by Gasteiger charge is -2.33. The number of aromatic nitrogens is 2. The Kier molecular flexibility index (Phi) is 4.67. The minimum Gasteiger partial charge on any atom is -0.480 e. The first kappa shape index (κ1) is 17.5. The number of non-ortho nitro benzene ring substituents is 1. The summed E-state index contributed by atoms with van der Waals surface area (Å²) in [4.78, 5) is 34.4. The van der Waals surface area contributed by atoms with Crippen LogP contribution in [0.4, 0.5) is 5.69 Å². The summed E-state index contributed by atoms with van der Waals surface area (Å²) in [6.45, 7) is 0.489. The van der Waals surface area contributed by atoms with Crippen molar-refractivity contribution in [2.24, 2.45) is 0 Å². The van der Waals surface area contributed by atoms with Gasteiger partial charge in [0.25, 0.3) is 11.6 Å². The Hall–Kier alpha value is -3.27. The molecule has 1 aliphatic rings. The van der Waals surface area contributed by atoms with Crippen LogP contribution in [0, 0.1) is 10.1 Å². The molecule has 1 amide bonds. The van der Waals surface area contributed by atoms with Crippen molar-refractivity contribution in [3.05, 3.63) is 52.3 Å². The van der Waals surface area contributed by atoms with Gasteiger partial charge in [-0.1, -0.05) is 6.07 Å². The third-order valence-electron chi connectivity index (χ3n) is 4.24. The zero-order valence-corrected chi connectivity index (χ0v) is 13.6. The molecule has 10 nitrogen and oxygen atoms in total. The molecule has 2 aromatic rings. The summed E-state index contributed by atoms with van der Waals surface area (Å²) < 4.78 is 6.48. The van der Waals surface area contributed by atoms with Crippen LogP contribution in [0.25, 0.3) is 5.69 Å². The van der Waals surface area contributed by atoms with Crippen LogP contribution >= 0.6 is 0 Å². The molecule has 2 N–H and O–H groups in total. The predicted octanol–water partition coefficient (Wildman–Crippen LogP) is 1.14. The van der Waals surface area contributed by atoms with Crippen molar-refractivity contribution in [2.45, 2.75) is 18.4 Å². The molecule has 3 rings (SSSR count). The number of aliphatic carboxylic acids is 1. The third kappa shape index (κ3) is 3.40. The van der Waals surface area contributed by atoms with Gasteiger partial charge in [0.15, 0.2) is 5.69 Å². The Morgan fingerprint density at radius 1 is 1.31 bits per heavy atom. The Balaban J connectivity index is 1.81. The Morgan fingerprint density at radius 3 is 2.69 bits per heavy atom. The average Bonchev–Trinajstić information content (AvgIpc) is 3.13. The van der Waals surface area contributed by atoms with Gasteiger partial charge in [-0.15, -0.1) is 0 Å². The highest BCUT2D eigenvalue weighted by Gasteiger charge is 2.42. The molecule has 2 heterocycles. The van der Waals surface area contributed by atoms with Crippen LogP contribution in [0.2, 0.25) is 0 Å². The molecule has 136 valence electrons. The first-order valence-corrected chi connectivity index (χ1v) is 7.85. The number of rotatable bonds is 5. The summed E-state index contributed by atoms with van der Waals surface area (Å²) in [6.07, 6.45) is 1.81. The number of amides is 1. The Bertz CT molecular complexity index is 856. The van der Waals surface area contributed by atoms with Gasteiger partial charge in [-0.05, 0) is 12.1 Å². The van der Waals surface area contributed by atoms with E-state index in [1.165, 1.54) is 35.1 Å². The fraction of sp³-hybridized carbons (Fsp3) is 0.312. The molecule has 1 aromatic heterocycles. The van der Waals surface area contributed by atoms with Gasteiger partial charge in [-0.2, -0.15) is 5.10 Å². The van der Waals surface area contributed by atoms with Crippen molar-refractivity contribution >= 4 is 17.6 Å². The highest BCUT2D eigenvalue weighted by molar-refractivity contribution is 5.96. The summed E-state index contributed by atoms with van der Waals surface area (Å²) in [5, 5.41) is 27.0. The van der Waals surface area contributed by atoms with Gasteiger partial charge in [0, 0.05) is 44.4 Å². The molecule has 1 saturated heterocycles. The molecule has 26 heavy (non-hydrogen) atoms. The number of nitro benzene ring substituents is 1. The van der Waals surface area contributed by atoms with E-state index in [-0.39, 0.29) is 37.4 Å². The molecule has 1 fully saturated rings. The largest absolute Gasteiger partial charge is 0.480 e. The standard InChI is InChI=1S/C16H16N4O6/c21-14(17-16(15(22)23)5-8-26-9-6-16)13-4-7-19(18-13)11-2-1-3-12(10-11)20(24)25/h1-4,7,10H,5-6,8-9H2,(H,17,21)(H,22,23). The number of ether oxygens (including phenoxy) is 1. The second-order valence-electron chi connectivity index (χ2n) is 5.88. The van der Waals surface area contributed by atoms with E-state index < -0.39 is 22.3 Å². The summed E-state index contributed by atoms with van der Waals surface area (Å²) in [7, 11) is 0. The molecule has 0 bridgehead atoms. The number of hydrogen-bond acceptors (Lipinski definition) is 6. The van der Waals surface area contributed by atoms with E-state index in [0.717, 1.165) is 0 Å². The Morgan fingerprint density at radius 2 is 2.04 bits per heavy atom. The maximum atomic E-state index is 12.4. The monoisotopic (exact) mass is 360 g/mol. The quantitative estimate of drug-likeness (QED) is 0.602. The zero-order valence-electron chi connectivity index (χ0n) is 13.6. The average molecular weight is 360 g/mol. The minimum absolute atomic E-state index is 0.0172. The van der Waals surface area contributed by atoms with Crippen molar-refractivity contribution in [3.63, 3.8) is 0 Å². The maximum Gasteiger partial charge on any atom is 0.329 e. The molecule has 0 unspecified atom stereocenters.